The van der Waals surface area contributed by atoms with Gasteiger partial charge in [0, 0.05) is 20.2 Å². The molecule has 4 nitrogen and oxygen atoms in total. The third kappa shape index (κ3) is 5.46. The molecule has 1 rings (SSSR count). The van der Waals surface area contributed by atoms with Crippen molar-refractivity contribution in [1.82, 2.24) is 4.90 Å². The summed E-state index contributed by atoms with van der Waals surface area (Å²) in [4.78, 5) is 13.9. The highest BCUT2D eigenvalue weighted by molar-refractivity contribution is 7.98. The first-order valence-corrected chi connectivity index (χ1v) is 7.14. The number of methoxy groups -OCH3 is 1. The van der Waals surface area contributed by atoms with Crippen LogP contribution in [0.4, 0.5) is 0 Å². The molecule has 1 heterocycles. The van der Waals surface area contributed by atoms with Gasteiger partial charge in [0.25, 0.3) is 0 Å². The second kappa shape index (κ2) is 9.03. The molecule has 2 atom stereocenters. The van der Waals surface area contributed by atoms with Gasteiger partial charge in [-0.3, -0.25) is 4.79 Å². The summed E-state index contributed by atoms with van der Waals surface area (Å²) in [5, 5.41) is 0. The minimum atomic E-state index is -0.344. The molecule has 1 saturated heterocycles. The molecule has 0 spiro atoms. The van der Waals surface area contributed by atoms with Gasteiger partial charge in [-0.05, 0) is 31.3 Å². The Balaban J connectivity index is 0.00000256. The van der Waals surface area contributed by atoms with Crippen LogP contribution in [-0.4, -0.2) is 55.2 Å². The summed E-state index contributed by atoms with van der Waals surface area (Å²) in [7, 11) is 1.70. The van der Waals surface area contributed by atoms with Crippen LogP contribution in [0.25, 0.3) is 0 Å². The van der Waals surface area contributed by atoms with Crippen molar-refractivity contribution < 1.29 is 9.53 Å². The summed E-state index contributed by atoms with van der Waals surface area (Å²) < 4.78 is 5.29. The second-order valence-electron chi connectivity index (χ2n) is 4.17. The molecule has 102 valence electrons. The Hall–Kier alpha value is 0.0300. The zero-order chi connectivity index (χ0) is 12.0. The maximum Gasteiger partial charge on any atom is 0.239 e. The highest BCUT2D eigenvalue weighted by atomic mass is 35.5. The average molecular weight is 283 g/mol. The van der Waals surface area contributed by atoms with Crippen LogP contribution in [0.15, 0.2) is 0 Å². The Bertz CT molecular complexity index is 232. The highest BCUT2D eigenvalue weighted by Crippen LogP contribution is 2.14. The quantitative estimate of drug-likeness (QED) is 0.821. The fraction of sp³-hybridized carbons (Fsp3) is 0.909. The number of piperidine rings is 1. The number of ether oxygens (including phenoxy) is 1. The molecule has 0 bridgehead atoms. The Morgan fingerprint density at radius 1 is 1.65 bits per heavy atom. The zero-order valence-corrected chi connectivity index (χ0v) is 12.2. The van der Waals surface area contributed by atoms with E-state index in [1.165, 1.54) is 0 Å². The summed E-state index contributed by atoms with van der Waals surface area (Å²) in [6.45, 7) is 1.52. The van der Waals surface area contributed by atoms with Crippen molar-refractivity contribution >= 4 is 30.1 Å². The summed E-state index contributed by atoms with van der Waals surface area (Å²) >= 11 is 1.72. The molecule has 1 aliphatic heterocycles. The van der Waals surface area contributed by atoms with Crippen molar-refractivity contribution in [2.75, 3.05) is 32.2 Å². The lowest BCUT2D eigenvalue weighted by molar-refractivity contribution is -0.136. The monoisotopic (exact) mass is 282 g/mol. The van der Waals surface area contributed by atoms with Crippen molar-refractivity contribution in [3.05, 3.63) is 0 Å². The molecule has 1 fully saturated rings. The zero-order valence-electron chi connectivity index (χ0n) is 10.6. The van der Waals surface area contributed by atoms with Crippen LogP contribution in [0.5, 0.6) is 0 Å². The van der Waals surface area contributed by atoms with Crippen LogP contribution in [0.1, 0.15) is 19.3 Å². The molecule has 0 radical (unpaired) electrons. The van der Waals surface area contributed by atoms with Gasteiger partial charge in [-0.1, -0.05) is 0 Å². The van der Waals surface area contributed by atoms with E-state index in [0.717, 1.165) is 31.6 Å². The van der Waals surface area contributed by atoms with Crippen molar-refractivity contribution in [2.45, 2.75) is 31.4 Å². The topological polar surface area (TPSA) is 55.6 Å². The number of likely N-dealkylation sites (tertiary alicyclic amines) is 1. The van der Waals surface area contributed by atoms with Gasteiger partial charge in [0.2, 0.25) is 5.91 Å². The van der Waals surface area contributed by atoms with Gasteiger partial charge in [0.1, 0.15) is 0 Å². The summed E-state index contributed by atoms with van der Waals surface area (Å²) in [5.74, 6) is 1.02. The standard InChI is InChI=1S/C11H22N2O2S.ClH/c1-15-9-4-3-6-13(8-9)11(14)10(12)5-7-16-2;/h9-10H,3-8,12H2,1-2H3;1H/t9?,10-;/m0./s1. The number of carbonyl (C=O) groups excluding carboxylic acids is 1. The molecule has 0 aromatic carbocycles. The maximum atomic E-state index is 12.0. The Kier molecular flexibility index (Phi) is 9.04. The number of thioether (sulfide) groups is 1. The molecule has 17 heavy (non-hydrogen) atoms. The minimum absolute atomic E-state index is 0. The molecule has 6 heteroatoms. The van der Waals surface area contributed by atoms with E-state index in [2.05, 4.69) is 0 Å². The summed E-state index contributed by atoms with van der Waals surface area (Å²) in [5.41, 5.74) is 5.88. The number of nitrogens with two attached hydrogens (primary N) is 1. The van der Waals surface area contributed by atoms with E-state index in [1.807, 2.05) is 11.2 Å². The lowest BCUT2D eigenvalue weighted by Crippen LogP contribution is -2.49. The first-order chi connectivity index (χ1) is 7.69. The summed E-state index contributed by atoms with van der Waals surface area (Å²) in [6, 6.07) is -0.344. The molecule has 0 aromatic heterocycles. The van der Waals surface area contributed by atoms with Crippen LogP contribution >= 0.6 is 24.2 Å². The van der Waals surface area contributed by atoms with E-state index in [0.29, 0.717) is 6.54 Å². The third-order valence-electron chi connectivity index (χ3n) is 2.97. The normalized spacial score (nSPS) is 21.8. The lowest BCUT2D eigenvalue weighted by Gasteiger charge is -2.33. The number of rotatable bonds is 5. The van der Waals surface area contributed by atoms with Crippen LogP contribution in [0, 0.1) is 0 Å². The largest absolute Gasteiger partial charge is 0.380 e. The van der Waals surface area contributed by atoms with Gasteiger partial charge in [-0.15, -0.1) is 12.4 Å². The van der Waals surface area contributed by atoms with E-state index in [4.69, 9.17) is 10.5 Å². The fourth-order valence-corrected chi connectivity index (χ4v) is 2.42. The Morgan fingerprint density at radius 2 is 2.35 bits per heavy atom. The van der Waals surface area contributed by atoms with Gasteiger partial charge in [0.05, 0.1) is 12.1 Å². The Labute approximate surface area is 114 Å². The van der Waals surface area contributed by atoms with Crippen molar-refractivity contribution in [2.24, 2.45) is 5.73 Å². The number of hydrogen-bond donors (Lipinski definition) is 1. The molecule has 0 aliphatic carbocycles. The van der Waals surface area contributed by atoms with E-state index >= 15 is 0 Å². The molecule has 2 N–H and O–H groups in total. The third-order valence-corrected chi connectivity index (χ3v) is 3.62. The SMILES string of the molecule is COC1CCCN(C(=O)[C@@H](N)CCSC)C1.Cl. The second-order valence-corrected chi connectivity index (χ2v) is 5.16. The predicted octanol–water partition coefficient (Wildman–Crippen LogP) is 1.13. The van der Waals surface area contributed by atoms with Crippen LogP contribution in [0.2, 0.25) is 0 Å². The van der Waals surface area contributed by atoms with Crippen molar-refractivity contribution in [3.8, 4) is 0 Å². The van der Waals surface area contributed by atoms with Crippen molar-refractivity contribution in [1.29, 1.82) is 0 Å². The number of nitrogens with zero attached hydrogens (tertiary/aromatic N) is 1. The number of hydrogen-bond acceptors (Lipinski definition) is 4. The summed E-state index contributed by atoms with van der Waals surface area (Å²) in [6.07, 6.45) is 5.03. The first kappa shape index (κ1) is 17.0. The molecule has 0 aromatic rings. The predicted molar refractivity (Wildman–Crippen MR) is 74.8 cm³/mol. The fourth-order valence-electron chi connectivity index (χ4n) is 1.93. The number of amides is 1. The first-order valence-electron chi connectivity index (χ1n) is 5.75. The molecular formula is C11H23ClN2O2S. The molecule has 1 aliphatic rings. The van der Waals surface area contributed by atoms with Crippen LogP contribution < -0.4 is 5.73 Å². The van der Waals surface area contributed by atoms with Gasteiger partial charge >= 0.3 is 0 Å². The number of carbonyl (C=O) groups is 1. The van der Waals surface area contributed by atoms with Gasteiger partial charge in [0.15, 0.2) is 0 Å². The van der Waals surface area contributed by atoms with Crippen LogP contribution in [-0.2, 0) is 9.53 Å². The highest BCUT2D eigenvalue weighted by Gasteiger charge is 2.26. The van der Waals surface area contributed by atoms with Gasteiger partial charge < -0.3 is 15.4 Å². The van der Waals surface area contributed by atoms with Crippen molar-refractivity contribution in [3.63, 3.8) is 0 Å². The lowest BCUT2D eigenvalue weighted by atomic mass is 10.1. The van der Waals surface area contributed by atoms with E-state index in [-0.39, 0.29) is 30.5 Å². The molecule has 1 unspecified atom stereocenters. The van der Waals surface area contributed by atoms with E-state index < -0.39 is 0 Å². The molecular weight excluding hydrogens is 260 g/mol. The smallest absolute Gasteiger partial charge is 0.239 e. The van der Waals surface area contributed by atoms with Gasteiger partial charge in [-0.2, -0.15) is 11.8 Å². The molecule has 1 amide bonds. The average Bonchev–Trinajstić information content (AvgIpc) is 2.35. The van der Waals surface area contributed by atoms with E-state index in [1.54, 1.807) is 18.9 Å². The van der Waals surface area contributed by atoms with Crippen LogP contribution in [0.3, 0.4) is 0 Å². The van der Waals surface area contributed by atoms with E-state index in [9.17, 15) is 4.79 Å². The minimum Gasteiger partial charge on any atom is -0.380 e. The number of halogens is 1. The van der Waals surface area contributed by atoms with Gasteiger partial charge in [-0.25, -0.2) is 0 Å². The molecule has 0 saturated carbocycles. The Morgan fingerprint density at radius 3 is 2.94 bits per heavy atom. The maximum absolute atomic E-state index is 12.0.